The van der Waals surface area contributed by atoms with Crippen LogP contribution in [-0.4, -0.2) is 64.7 Å². The summed E-state index contributed by atoms with van der Waals surface area (Å²) in [5.74, 6) is -0.465. The number of nitrogens with one attached hydrogen (secondary N) is 2. The number of aromatic nitrogens is 2. The lowest BCUT2D eigenvalue weighted by molar-refractivity contribution is -0.138. The first-order chi connectivity index (χ1) is 19.0. The van der Waals surface area contributed by atoms with Gasteiger partial charge in [-0.2, -0.15) is 18.3 Å². The number of likely N-dealkylation sites (N-methyl/N-ethyl adjacent to an activating group) is 1. The number of hydrogen-bond acceptors (Lipinski definition) is 6. The van der Waals surface area contributed by atoms with Crippen LogP contribution in [0.2, 0.25) is 0 Å². The second kappa shape index (κ2) is 10.8. The van der Waals surface area contributed by atoms with Gasteiger partial charge in [0, 0.05) is 49.7 Å². The van der Waals surface area contributed by atoms with Crippen LogP contribution in [0.15, 0.2) is 42.5 Å². The maximum Gasteiger partial charge on any atom is 0.416 e. The van der Waals surface area contributed by atoms with E-state index >= 15 is 0 Å². The molecule has 1 aliphatic heterocycles. The molecule has 2 fully saturated rings. The Morgan fingerprint density at radius 2 is 1.62 bits per heavy atom. The van der Waals surface area contributed by atoms with Crippen LogP contribution in [0.25, 0.3) is 11.3 Å². The van der Waals surface area contributed by atoms with E-state index < -0.39 is 23.7 Å². The maximum absolute atomic E-state index is 13.9. The molecule has 0 radical (unpaired) electrons. The van der Waals surface area contributed by atoms with Crippen molar-refractivity contribution in [3.63, 3.8) is 0 Å². The number of halogens is 3. The quantitative estimate of drug-likeness (QED) is 0.348. The number of rotatable bonds is 7. The van der Waals surface area contributed by atoms with E-state index in [0.29, 0.717) is 30.0 Å². The van der Waals surface area contributed by atoms with E-state index in [4.69, 9.17) is 11.5 Å². The van der Waals surface area contributed by atoms with Crippen molar-refractivity contribution in [2.24, 2.45) is 5.73 Å². The van der Waals surface area contributed by atoms with Gasteiger partial charge in [0.1, 0.15) is 17.1 Å². The van der Waals surface area contributed by atoms with Crippen molar-refractivity contribution in [2.45, 2.75) is 31.6 Å². The van der Waals surface area contributed by atoms with E-state index in [1.807, 2.05) is 11.9 Å². The SMILES string of the molecule is CN1CCN(Cc2ccc(NC(=O)Nc3ccc(-c4nn(C5CC5)c(N)c4C(N)=O)cc3)cc2C(F)(F)F)CC1. The average Bonchev–Trinajstić information content (AvgIpc) is 3.68. The van der Waals surface area contributed by atoms with Crippen molar-refractivity contribution in [2.75, 3.05) is 49.6 Å². The zero-order valence-electron chi connectivity index (χ0n) is 22.0. The summed E-state index contributed by atoms with van der Waals surface area (Å²) in [7, 11) is 1.98. The molecule has 3 aromatic rings. The summed E-state index contributed by atoms with van der Waals surface area (Å²) in [6, 6.07) is 9.76. The number of primary amides is 1. The summed E-state index contributed by atoms with van der Waals surface area (Å²) in [6.07, 6.45) is -2.72. The Morgan fingerprint density at radius 1 is 1.00 bits per heavy atom. The lowest BCUT2D eigenvalue weighted by atomic mass is 10.0. The van der Waals surface area contributed by atoms with Gasteiger partial charge in [0.05, 0.1) is 11.6 Å². The number of hydrogen-bond donors (Lipinski definition) is 4. The molecule has 3 amide bonds. The molecule has 0 bridgehead atoms. The van der Waals surface area contributed by atoms with Crippen LogP contribution in [0.5, 0.6) is 0 Å². The van der Waals surface area contributed by atoms with Gasteiger partial charge in [-0.05, 0) is 49.7 Å². The summed E-state index contributed by atoms with van der Waals surface area (Å²) in [4.78, 5) is 28.7. The second-order valence-electron chi connectivity index (χ2n) is 10.3. The Morgan fingerprint density at radius 3 is 2.23 bits per heavy atom. The molecule has 2 aliphatic rings. The van der Waals surface area contributed by atoms with Crippen molar-refractivity contribution >= 4 is 29.1 Å². The third-order valence-electron chi connectivity index (χ3n) is 7.17. The first kappa shape index (κ1) is 27.5. The Labute approximate surface area is 229 Å². The molecule has 40 heavy (non-hydrogen) atoms. The first-order valence-corrected chi connectivity index (χ1v) is 13.0. The molecule has 2 heterocycles. The van der Waals surface area contributed by atoms with E-state index in [9.17, 15) is 22.8 Å². The zero-order chi connectivity index (χ0) is 28.6. The molecule has 10 nitrogen and oxygen atoms in total. The number of anilines is 3. The molecule has 6 N–H and O–H groups in total. The number of urea groups is 1. The van der Waals surface area contributed by atoms with Crippen molar-refractivity contribution in [3.05, 3.63) is 59.2 Å². The molecule has 1 aromatic heterocycles. The maximum atomic E-state index is 13.9. The lowest BCUT2D eigenvalue weighted by Gasteiger charge is -2.33. The number of nitrogens with zero attached hydrogens (tertiary/aromatic N) is 4. The molecule has 0 spiro atoms. The van der Waals surface area contributed by atoms with Crippen LogP contribution in [0.3, 0.4) is 0 Å². The summed E-state index contributed by atoms with van der Waals surface area (Å²) >= 11 is 0. The molecule has 2 aromatic carbocycles. The van der Waals surface area contributed by atoms with Gasteiger partial charge < -0.3 is 27.0 Å². The van der Waals surface area contributed by atoms with Gasteiger partial charge in [0.15, 0.2) is 0 Å². The third kappa shape index (κ3) is 6.05. The van der Waals surface area contributed by atoms with Gasteiger partial charge in [0.2, 0.25) is 0 Å². The molecular weight excluding hydrogens is 525 g/mol. The van der Waals surface area contributed by atoms with Gasteiger partial charge in [-0.15, -0.1) is 0 Å². The summed E-state index contributed by atoms with van der Waals surface area (Å²) < 4.78 is 43.2. The minimum Gasteiger partial charge on any atom is -0.383 e. The van der Waals surface area contributed by atoms with Crippen LogP contribution in [0.1, 0.15) is 40.4 Å². The Hall–Kier alpha value is -4.10. The van der Waals surface area contributed by atoms with E-state index in [0.717, 1.165) is 32.0 Å². The van der Waals surface area contributed by atoms with Crippen LogP contribution < -0.4 is 22.1 Å². The molecule has 1 saturated carbocycles. The van der Waals surface area contributed by atoms with E-state index in [1.54, 1.807) is 28.9 Å². The van der Waals surface area contributed by atoms with Gasteiger partial charge in [-0.3, -0.25) is 9.69 Å². The van der Waals surface area contributed by atoms with E-state index in [2.05, 4.69) is 20.6 Å². The number of alkyl halides is 3. The largest absolute Gasteiger partial charge is 0.416 e. The van der Waals surface area contributed by atoms with E-state index in [1.165, 1.54) is 12.1 Å². The number of carbonyl (C=O) groups is 2. The molecule has 13 heteroatoms. The highest BCUT2D eigenvalue weighted by molar-refractivity contribution is 6.03. The van der Waals surface area contributed by atoms with Crippen molar-refractivity contribution in [3.8, 4) is 11.3 Å². The minimum absolute atomic E-state index is 0.0239. The first-order valence-electron chi connectivity index (χ1n) is 13.0. The Kier molecular flexibility index (Phi) is 7.43. The Bertz CT molecular complexity index is 1410. The zero-order valence-corrected chi connectivity index (χ0v) is 22.0. The highest BCUT2D eigenvalue weighted by Crippen LogP contribution is 2.39. The normalized spacial score (nSPS) is 16.6. The third-order valence-corrected chi connectivity index (χ3v) is 7.17. The lowest BCUT2D eigenvalue weighted by Crippen LogP contribution is -2.44. The van der Waals surface area contributed by atoms with Crippen molar-refractivity contribution in [1.29, 1.82) is 0 Å². The number of nitrogen functional groups attached to an aromatic ring is 1. The smallest absolute Gasteiger partial charge is 0.383 e. The molecule has 1 aliphatic carbocycles. The summed E-state index contributed by atoms with van der Waals surface area (Å²) in [5.41, 5.74) is 12.5. The molecule has 0 unspecified atom stereocenters. The van der Waals surface area contributed by atoms with Crippen LogP contribution >= 0.6 is 0 Å². The minimum atomic E-state index is -4.56. The molecule has 5 rings (SSSR count). The number of benzene rings is 2. The van der Waals surface area contributed by atoms with Gasteiger partial charge in [-0.25, -0.2) is 9.48 Å². The number of nitrogens with two attached hydrogens (primary N) is 2. The fourth-order valence-corrected chi connectivity index (χ4v) is 4.80. The molecule has 212 valence electrons. The van der Waals surface area contributed by atoms with Crippen LogP contribution in [0, 0.1) is 0 Å². The van der Waals surface area contributed by atoms with Gasteiger partial charge in [0.25, 0.3) is 5.91 Å². The summed E-state index contributed by atoms with van der Waals surface area (Å²) in [6.45, 7) is 3.16. The molecule has 1 saturated heterocycles. The fourth-order valence-electron chi connectivity index (χ4n) is 4.80. The second-order valence-corrected chi connectivity index (χ2v) is 10.3. The van der Waals surface area contributed by atoms with Gasteiger partial charge >= 0.3 is 12.2 Å². The van der Waals surface area contributed by atoms with Crippen LogP contribution in [0.4, 0.5) is 35.2 Å². The average molecular weight is 557 g/mol. The topological polar surface area (TPSA) is 135 Å². The highest BCUT2D eigenvalue weighted by Gasteiger charge is 2.34. The summed E-state index contributed by atoms with van der Waals surface area (Å²) in [5, 5.41) is 9.56. The fraction of sp³-hybridized carbons (Fsp3) is 0.370. The number of carbonyl (C=O) groups excluding carboxylic acids is 2. The van der Waals surface area contributed by atoms with Crippen molar-refractivity contribution < 1.29 is 22.8 Å². The van der Waals surface area contributed by atoms with E-state index in [-0.39, 0.29) is 35.2 Å². The number of amides is 3. The van der Waals surface area contributed by atoms with Gasteiger partial charge in [-0.1, -0.05) is 18.2 Å². The predicted molar refractivity (Wildman–Crippen MR) is 146 cm³/mol. The molecule has 0 atom stereocenters. The molecular formula is C27H31F3N8O2. The van der Waals surface area contributed by atoms with Crippen molar-refractivity contribution in [1.82, 2.24) is 19.6 Å². The highest BCUT2D eigenvalue weighted by atomic mass is 19.4. The predicted octanol–water partition coefficient (Wildman–Crippen LogP) is 3.98. The Balaban J connectivity index is 1.27. The van der Waals surface area contributed by atoms with Crippen LogP contribution in [-0.2, 0) is 12.7 Å². The standard InChI is InChI=1S/C27H31F3N8O2/c1-36-10-12-37(13-11-36)15-17-4-7-19(14-21(17)27(28,29)30)34-26(40)33-18-5-2-16(3-6-18)23-22(25(32)39)24(31)38(35-23)20-8-9-20/h2-7,14,20H,8-13,15,31H2,1H3,(H2,32,39)(H2,33,34,40). The number of piperazine rings is 1. The monoisotopic (exact) mass is 556 g/mol.